The van der Waals surface area contributed by atoms with Gasteiger partial charge in [0.2, 0.25) is 23.6 Å². The van der Waals surface area contributed by atoms with Gasteiger partial charge in [0, 0.05) is 13.3 Å². The molecule has 0 aliphatic heterocycles. The average molecular weight is 652 g/mol. The summed E-state index contributed by atoms with van der Waals surface area (Å²) in [6, 6.07) is 12.0. The maximum Gasteiger partial charge on any atom is 0.326 e. The number of benzene rings is 2. The Hall–Kier alpha value is -4.67. The lowest BCUT2D eigenvalue weighted by Gasteiger charge is -2.22. The van der Waals surface area contributed by atoms with Gasteiger partial charge in [-0.2, -0.15) is 11.8 Å². The van der Waals surface area contributed by atoms with Gasteiger partial charge in [0.05, 0.1) is 19.1 Å². The van der Waals surface area contributed by atoms with Crippen molar-refractivity contribution in [3.8, 4) is 5.75 Å². The Morgan fingerprint density at radius 1 is 0.778 bits per heavy atom. The number of hydrogen-bond donors (Lipinski definition) is 8. The molecule has 0 aliphatic rings. The van der Waals surface area contributed by atoms with Crippen LogP contribution in [-0.4, -0.2) is 99.6 Å². The van der Waals surface area contributed by atoms with Crippen molar-refractivity contribution >= 4 is 47.3 Å². The molecule has 2 aromatic carbocycles. The summed E-state index contributed by atoms with van der Waals surface area (Å²) in [6.07, 6.45) is 2.34. The number of hydrogen-bond acceptors (Lipinski definition) is 9. The molecule has 2 aromatic rings. The molecular formula is C29H41N5O10S. The Morgan fingerprint density at radius 2 is 1.33 bits per heavy atom. The number of phenolic OH excluding ortho intramolecular Hbond substituents is 1. The van der Waals surface area contributed by atoms with Crippen LogP contribution in [0.2, 0.25) is 0 Å². The van der Waals surface area contributed by atoms with Crippen molar-refractivity contribution in [1.82, 2.24) is 21.3 Å². The summed E-state index contributed by atoms with van der Waals surface area (Å²) < 4.78 is 0. The first-order valence-electron chi connectivity index (χ1n) is 13.4. The molecule has 0 heterocycles. The first-order valence-corrected chi connectivity index (χ1v) is 14.8. The third-order valence-corrected chi connectivity index (χ3v) is 6.40. The predicted octanol–water partition coefficient (Wildman–Crippen LogP) is -1.19. The fourth-order valence-corrected chi connectivity index (χ4v) is 4.06. The SMILES string of the molecule is CC(=O)O.CSCCC(NC(=O)C(Cc1ccccc1)NC(=O)CNC(=O)CNC(=O)C(N)Cc1ccc(O)cc1)C(=O)O.O. The maximum absolute atomic E-state index is 12.9. The first kappa shape index (κ1) is 40.3. The Bertz CT molecular complexity index is 1240. The molecular weight excluding hydrogens is 610 g/mol. The molecule has 0 radical (unpaired) electrons. The van der Waals surface area contributed by atoms with E-state index in [4.69, 9.17) is 15.6 Å². The van der Waals surface area contributed by atoms with E-state index in [0.29, 0.717) is 5.75 Å². The van der Waals surface area contributed by atoms with Crippen LogP contribution in [0.4, 0.5) is 0 Å². The Kier molecular flexibility index (Phi) is 19.7. The van der Waals surface area contributed by atoms with Crippen molar-refractivity contribution in [2.75, 3.05) is 25.1 Å². The molecule has 11 N–H and O–H groups in total. The van der Waals surface area contributed by atoms with E-state index in [1.807, 2.05) is 6.26 Å². The zero-order valence-electron chi connectivity index (χ0n) is 24.9. The number of carboxylic acid groups (broad SMARTS) is 2. The van der Waals surface area contributed by atoms with Gasteiger partial charge in [-0.3, -0.25) is 24.0 Å². The average Bonchev–Trinajstić information content (AvgIpc) is 2.97. The van der Waals surface area contributed by atoms with Crippen LogP contribution in [0.1, 0.15) is 24.5 Å². The fourth-order valence-electron chi connectivity index (χ4n) is 3.59. The summed E-state index contributed by atoms with van der Waals surface area (Å²) in [7, 11) is 0. The topological polar surface area (TPSA) is 269 Å². The largest absolute Gasteiger partial charge is 0.508 e. The van der Waals surface area contributed by atoms with Crippen molar-refractivity contribution in [3.63, 3.8) is 0 Å². The van der Waals surface area contributed by atoms with E-state index in [9.17, 15) is 34.2 Å². The fraction of sp³-hybridized carbons (Fsp3) is 0.379. The number of aromatic hydroxyl groups is 1. The molecule has 0 saturated carbocycles. The second-order valence-electron chi connectivity index (χ2n) is 9.48. The Morgan fingerprint density at radius 3 is 1.89 bits per heavy atom. The van der Waals surface area contributed by atoms with Gasteiger partial charge < -0.3 is 47.8 Å². The molecule has 0 fully saturated rings. The summed E-state index contributed by atoms with van der Waals surface area (Å²) in [6.45, 7) is 0.195. The summed E-state index contributed by atoms with van der Waals surface area (Å²) in [5.41, 5.74) is 7.35. The number of thioether (sulfide) groups is 1. The molecule has 4 amide bonds. The minimum atomic E-state index is -1.18. The van der Waals surface area contributed by atoms with E-state index in [-0.39, 0.29) is 30.5 Å². The zero-order chi connectivity index (χ0) is 33.1. The lowest BCUT2D eigenvalue weighted by Crippen LogP contribution is -2.54. The number of carbonyl (C=O) groups is 6. The first-order chi connectivity index (χ1) is 20.8. The Labute approximate surface area is 264 Å². The molecule has 3 unspecified atom stereocenters. The summed E-state index contributed by atoms with van der Waals surface area (Å²) in [4.78, 5) is 70.5. The van der Waals surface area contributed by atoms with E-state index in [2.05, 4.69) is 21.3 Å². The summed E-state index contributed by atoms with van der Waals surface area (Å²) >= 11 is 1.45. The van der Waals surface area contributed by atoms with Crippen LogP contribution in [0.15, 0.2) is 54.6 Å². The van der Waals surface area contributed by atoms with Gasteiger partial charge >= 0.3 is 5.97 Å². The predicted molar refractivity (Wildman–Crippen MR) is 167 cm³/mol. The van der Waals surface area contributed by atoms with Crippen LogP contribution >= 0.6 is 11.8 Å². The zero-order valence-corrected chi connectivity index (χ0v) is 25.8. The number of phenols is 1. The standard InChI is InChI=1S/C27H35N5O7S.C2H4O2.H2O/c1-40-12-11-21(27(38)39)32-26(37)22(14-17-5-3-2-4-6-17)31-24(35)16-29-23(34)15-30-25(36)20(28)13-18-7-9-19(33)10-8-18;1-2(3)4;/h2-10,20-22,33H,11-16,28H2,1H3,(H,29,34)(H,30,36)(H,31,35)(H,32,37)(H,38,39);1H3,(H,3,4);1H2. The minimum Gasteiger partial charge on any atom is -0.508 e. The van der Waals surface area contributed by atoms with Crippen LogP contribution in [0.3, 0.4) is 0 Å². The molecule has 0 aliphatic carbocycles. The minimum absolute atomic E-state index is 0. The molecule has 45 heavy (non-hydrogen) atoms. The van der Waals surface area contributed by atoms with E-state index >= 15 is 0 Å². The number of rotatable bonds is 16. The maximum atomic E-state index is 12.9. The van der Waals surface area contributed by atoms with Crippen LogP contribution in [-0.2, 0) is 41.6 Å². The monoisotopic (exact) mass is 651 g/mol. The quantitative estimate of drug-likeness (QED) is 0.107. The highest BCUT2D eigenvalue weighted by molar-refractivity contribution is 7.98. The number of amides is 4. The van der Waals surface area contributed by atoms with Gasteiger partial charge in [-0.05, 0) is 48.1 Å². The normalized spacial score (nSPS) is 12.0. The van der Waals surface area contributed by atoms with Crippen molar-refractivity contribution < 1.29 is 49.6 Å². The molecule has 15 nitrogen and oxygen atoms in total. The third kappa shape index (κ3) is 17.9. The van der Waals surface area contributed by atoms with Gasteiger partial charge in [-0.15, -0.1) is 0 Å². The highest BCUT2D eigenvalue weighted by Gasteiger charge is 2.27. The van der Waals surface area contributed by atoms with Crippen LogP contribution < -0.4 is 27.0 Å². The summed E-state index contributed by atoms with van der Waals surface area (Å²) in [5.74, 6) is -3.94. The molecule has 0 spiro atoms. The molecule has 0 bridgehead atoms. The van der Waals surface area contributed by atoms with Crippen molar-refractivity contribution in [2.45, 2.75) is 44.3 Å². The highest BCUT2D eigenvalue weighted by atomic mass is 32.2. The molecule has 0 aromatic heterocycles. The van der Waals surface area contributed by atoms with Crippen LogP contribution in [0.25, 0.3) is 0 Å². The van der Waals surface area contributed by atoms with Crippen LogP contribution in [0.5, 0.6) is 5.75 Å². The Balaban J connectivity index is 0.00000364. The van der Waals surface area contributed by atoms with E-state index in [1.165, 1.54) is 23.9 Å². The smallest absolute Gasteiger partial charge is 0.326 e. The molecule has 16 heteroatoms. The van der Waals surface area contributed by atoms with Gasteiger partial charge in [-0.1, -0.05) is 42.5 Å². The molecule has 2 rings (SSSR count). The second kappa shape index (κ2) is 21.9. The summed E-state index contributed by atoms with van der Waals surface area (Å²) in [5, 5.41) is 36.0. The molecule has 3 atom stereocenters. The van der Waals surface area contributed by atoms with Crippen molar-refractivity contribution in [3.05, 3.63) is 65.7 Å². The lowest BCUT2D eigenvalue weighted by atomic mass is 10.0. The molecule has 0 saturated heterocycles. The van der Waals surface area contributed by atoms with Gasteiger partial charge in [0.1, 0.15) is 17.8 Å². The van der Waals surface area contributed by atoms with Gasteiger partial charge in [0.25, 0.3) is 5.97 Å². The van der Waals surface area contributed by atoms with E-state index in [1.54, 1.807) is 42.5 Å². The van der Waals surface area contributed by atoms with E-state index < -0.39 is 66.8 Å². The van der Waals surface area contributed by atoms with E-state index in [0.717, 1.165) is 18.1 Å². The van der Waals surface area contributed by atoms with Crippen molar-refractivity contribution in [1.29, 1.82) is 0 Å². The lowest BCUT2D eigenvalue weighted by molar-refractivity contribution is -0.142. The number of carboxylic acids is 2. The number of nitrogens with two attached hydrogens (primary N) is 1. The van der Waals surface area contributed by atoms with Gasteiger partial charge in [-0.25, -0.2) is 4.79 Å². The second-order valence-corrected chi connectivity index (χ2v) is 10.5. The van der Waals surface area contributed by atoms with Crippen molar-refractivity contribution in [2.24, 2.45) is 5.73 Å². The number of carbonyl (C=O) groups excluding carboxylic acids is 4. The molecule has 248 valence electrons. The van der Waals surface area contributed by atoms with Gasteiger partial charge in [0.15, 0.2) is 0 Å². The number of nitrogens with one attached hydrogen (secondary N) is 4. The number of aliphatic carboxylic acids is 2. The third-order valence-electron chi connectivity index (χ3n) is 5.76. The highest BCUT2D eigenvalue weighted by Crippen LogP contribution is 2.11. The van der Waals surface area contributed by atoms with Crippen LogP contribution in [0, 0.1) is 0 Å².